The van der Waals surface area contributed by atoms with Crippen LogP contribution in [-0.2, 0) is 32.4 Å². The largest absolute Gasteiger partial charge is 0.474 e. The second-order valence-corrected chi connectivity index (χ2v) is 11.6. The topological polar surface area (TPSA) is 92.3 Å². The highest BCUT2D eigenvalue weighted by Crippen LogP contribution is 2.48. The first-order valence-electron chi connectivity index (χ1n) is 13.1. The third kappa shape index (κ3) is 13.0. The zero-order valence-corrected chi connectivity index (χ0v) is 23.3. The molecule has 0 saturated carbocycles. The number of ether oxygens (including phenoxy) is 2. The summed E-state index contributed by atoms with van der Waals surface area (Å²) in [5.41, 5.74) is 0. The Morgan fingerprint density at radius 3 is 1.88 bits per heavy atom. The molecule has 0 aromatic carbocycles. The highest BCUT2D eigenvalue weighted by Gasteiger charge is 2.45. The van der Waals surface area contributed by atoms with Crippen LogP contribution in [0.4, 0.5) is 0 Å². The molecule has 0 aromatic heterocycles. The normalized spacial score (nSPS) is 21.0. The van der Waals surface area contributed by atoms with Gasteiger partial charge in [0.2, 0.25) is 5.91 Å². The molecule has 9 heteroatoms. The van der Waals surface area contributed by atoms with Gasteiger partial charge in [0.05, 0.1) is 18.8 Å². The zero-order chi connectivity index (χ0) is 25.5. The average Bonchev–Trinajstić information content (AvgIpc) is 3.11. The van der Waals surface area contributed by atoms with Gasteiger partial charge >= 0.3 is 7.82 Å². The summed E-state index contributed by atoms with van der Waals surface area (Å²) in [5.74, 6) is -0.995. The van der Waals surface area contributed by atoms with Crippen LogP contribution < -0.4 is 5.32 Å². The van der Waals surface area contributed by atoms with E-state index in [9.17, 15) is 9.36 Å². The van der Waals surface area contributed by atoms with Crippen molar-refractivity contribution in [3.63, 3.8) is 0 Å². The summed E-state index contributed by atoms with van der Waals surface area (Å²) in [6, 6.07) is -0.541. The highest BCUT2D eigenvalue weighted by molar-refractivity contribution is 7.48. The predicted octanol–water partition coefficient (Wildman–Crippen LogP) is 6.52. The van der Waals surface area contributed by atoms with Crippen LogP contribution in [0, 0.1) is 0 Å². The minimum absolute atomic E-state index is 0.0718. The fraction of sp³-hybridized carbons (Fsp3) is 0.960. The molecule has 3 atom stereocenters. The first-order valence-corrected chi connectivity index (χ1v) is 14.6. The van der Waals surface area contributed by atoms with Crippen LogP contribution in [0.2, 0.25) is 0 Å². The number of phosphoric acid groups is 1. The van der Waals surface area contributed by atoms with E-state index in [1.807, 2.05) is 13.8 Å². The first kappa shape index (κ1) is 31.5. The number of unbranched alkanes of at least 4 members (excludes halogenated alkanes) is 11. The van der Waals surface area contributed by atoms with E-state index in [1.54, 1.807) is 0 Å². The number of hydrogen-bond donors (Lipinski definition) is 1. The van der Waals surface area contributed by atoms with E-state index in [2.05, 4.69) is 12.2 Å². The second-order valence-electron chi connectivity index (χ2n) is 9.73. The molecule has 1 aliphatic heterocycles. The maximum Gasteiger partial charge on any atom is 0.474 e. The molecule has 0 bridgehead atoms. The summed E-state index contributed by atoms with van der Waals surface area (Å²) in [6.07, 6.45) is 15.7. The molecule has 34 heavy (non-hydrogen) atoms. The molecule has 1 amide bonds. The fourth-order valence-electron chi connectivity index (χ4n) is 4.45. The highest BCUT2D eigenvalue weighted by atomic mass is 31.2. The molecule has 8 nitrogen and oxygen atoms in total. The maximum atomic E-state index is 12.3. The van der Waals surface area contributed by atoms with Crippen molar-refractivity contribution in [1.29, 1.82) is 0 Å². The SMILES string of the molecule is CCCCCCCCCCCCCC[C@H]1OC(C)(C)O[C@H]1[C@H](COP(=O)(OC)OC)NC(C)=O. The fourth-order valence-corrected chi connectivity index (χ4v) is 5.15. The smallest absolute Gasteiger partial charge is 0.349 e. The number of amides is 1. The van der Waals surface area contributed by atoms with Gasteiger partial charge in [-0.15, -0.1) is 0 Å². The summed E-state index contributed by atoms with van der Waals surface area (Å²) in [7, 11) is -1.16. The van der Waals surface area contributed by atoms with Crippen molar-refractivity contribution in [1.82, 2.24) is 5.32 Å². The van der Waals surface area contributed by atoms with E-state index in [0.717, 1.165) is 19.3 Å². The van der Waals surface area contributed by atoms with Crippen LogP contribution in [0.3, 0.4) is 0 Å². The molecular formula is C25H50NO7P. The molecule has 1 N–H and O–H groups in total. The lowest BCUT2D eigenvalue weighted by atomic mass is 9.99. The molecule has 1 aliphatic rings. The zero-order valence-electron chi connectivity index (χ0n) is 22.4. The van der Waals surface area contributed by atoms with Gasteiger partial charge in [0.25, 0.3) is 0 Å². The lowest BCUT2D eigenvalue weighted by Crippen LogP contribution is -2.49. The standard InChI is InChI=1S/C25H50NO7P/c1-7-8-9-10-11-12-13-14-15-16-17-18-19-23-24(33-25(3,4)32-23)22(26-21(2)27)20-31-34(28,29-5)30-6/h22-24H,7-20H2,1-6H3,(H,26,27)/t22-,23+,24-/m0/s1. The monoisotopic (exact) mass is 507 g/mol. The summed E-state index contributed by atoms with van der Waals surface area (Å²) in [4.78, 5) is 11.8. The molecule has 0 radical (unpaired) electrons. The van der Waals surface area contributed by atoms with Crippen molar-refractivity contribution in [3.8, 4) is 0 Å². The van der Waals surface area contributed by atoms with E-state index in [-0.39, 0.29) is 18.6 Å². The number of nitrogens with one attached hydrogen (secondary N) is 1. The van der Waals surface area contributed by atoms with Crippen LogP contribution in [0.5, 0.6) is 0 Å². The lowest BCUT2D eigenvalue weighted by molar-refractivity contribution is -0.150. The number of carbonyl (C=O) groups excluding carboxylic acids is 1. The Labute approximate surface area is 207 Å². The maximum absolute atomic E-state index is 12.3. The van der Waals surface area contributed by atoms with Crippen molar-refractivity contribution < 1.29 is 32.4 Å². The van der Waals surface area contributed by atoms with Gasteiger partial charge in [-0.3, -0.25) is 18.4 Å². The van der Waals surface area contributed by atoms with E-state index in [0.29, 0.717) is 0 Å². The number of rotatable bonds is 20. The molecule has 1 rings (SSSR count). The first-order chi connectivity index (χ1) is 16.2. The Balaban J connectivity index is 2.43. The molecule has 202 valence electrons. The predicted molar refractivity (Wildman–Crippen MR) is 135 cm³/mol. The van der Waals surface area contributed by atoms with Crippen molar-refractivity contribution in [2.24, 2.45) is 0 Å². The van der Waals surface area contributed by atoms with Gasteiger partial charge < -0.3 is 14.8 Å². The third-order valence-corrected chi connectivity index (χ3v) is 7.57. The summed E-state index contributed by atoms with van der Waals surface area (Å²) in [6.45, 7) is 7.34. The van der Waals surface area contributed by atoms with Gasteiger partial charge in [0, 0.05) is 21.1 Å². The third-order valence-electron chi connectivity index (χ3n) is 6.21. The Hall–Kier alpha value is -0.500. The average molecular weight is 508 g/mol. The molecule has 1 saturated heterocycles. The quantitative estimate of drug-likeness (QED) is 0.148. The van der Waals surface area contributed by atoms with Crippen LogP contribution in [0.1, 0.15) is 111 Å². The summed E-state index contributed by atoms with van der Waals surface area (Å²) >= 11 is 0. The van der Waals surface area contributed by atoms with E-state index in [1.165, 1.54) is 85.4 Å². The molecule has 1 fully saturated rings. The van der Waals surface area contributed by atoms with Gasteiger partial charge in [-0.05, 0) is 20.3 Å². The molecule has 0 aliphatic carbocycles. The summed E-state index contributed by atoms with van der Waals surface area (Å²) < 4.78 is 39.7. The van der Waals surface area contributed by atoms with E-state index in [4.69, 9.17) is 23.0 Å². The van der Waals surface area contributed by atoms with Crippen molar-refractivity contribution >= 4 is 13.7 Å². The van der Waals surface area contributed by atoms with Gasteiger partial charge in [0.1, 0.15) is 6.10 Å². The van der Waals surface area contributed by atoms with E-state index >= 15 is 0 Å². The van der Waals surface area contributed by atoms with Gasteiger partial charge in [-0.25, -0.2) is 4.57 Å². The Kier molecular flexibility index (Phi) is 15.8. The van der Waals surface area contributed by atoms with E-state index < -0.39 is 25.8 Å². The van der Waals surface area contributed by atoms with Gasteiger partial charge in [0.15, 0.2) is 5.79 Å². The molecule has 0 spiro atoms. The van der Waals surface area contributed by atoms with Gasteiger partial charge in [-0.2, -0.15) is 0 Å². The molecule has 1 heterocycles. The minimum Gasteiger partial charge on any atom is -0.349 e. The van der Waals surface area contributed by atoms with Crippen molar-refractivity contribution in [3.05, 3.63) is 0 Å². The Morgan fingerprint density at radius 2 is 1.41 bits per heavy atom. The molecule has 0 aromatic rings. The lowest BCUT2D eigenvalue weighted by Gasteiger charge is -2.28. The van der Waals surface area contributed by atoms with Gasteiger partial charge in [-0.1, -0.05) is 84.0 Å². The number of hydrogen-bond acceptors (Lipinski definition) is 7. The van der Waals surface area contributed by atoms with Crippen molar-refractivity contribution in [2.75, 3.05) is 20.8 Å². The Bertz CT molecular complexity index is 594. The number of phosphoric ester groups is 1. The minimum atomic E-state index is -3.67. The van der Waals surface area contributed by atoms with Crippen LogP contribution >= 0.6 is 7.82 Å². The summed E-state index contributed by atoms with van der Waals surface area (Å²) in [5, 5.41) is 2.86. The second kappa shape index (κ2) is 17.0. The molecular weight excluding hydrogens is 457 g/mol. The van der Waals surface area contributed by atoms with Crippen LogP contribution in [-0.4, -0.2) is 50.8 Å². The van der Waals surface area contributed by atoms with Crippen LogP contribution in [0.15, 0.2) is 0 Å². The Morgan fingerprint density at radius 1 is 0.912 bits per heavy atom. The van der Waals surface area contributed by atoms with Crippen LogP contribution in [0.25, 0.3) is 0 Å². The molecule has 0 unspecified atom stereocenters. The van der Waals surface area contributed by atoms with Crippen molar-refractivity contribution in [2.45, 2.75) is 135 Å². The number of carbonyl (C=O) groups is 1.